The maximum Gasteiger partial charge on any atom is 0.373 e. The van der Waals surface area contributed by atoms with Gasteiger partial charge in [0.05, 0.1) is 31.8 Å². The molecule has 1 aliphatic rings. The largest absolute Gasteiger partial charge is 0.493 e. The van der Waals surface area contributed by atoms with E-state index in [0.717, 1.165) is 4.90 Å². The fraction of sp³-hybridized carbons (Fsp3) is 0.304. The van der Waals surface area contributed by atoms with Gasteiger partial charge in [0.2, 0.25) is 5.76 Å². The van der Waals surface area contributed by atoms with Crippen molar-refractivity contribution < 1.29 is 42.5 Å². The van der Waals surface area contributed by atoms with Crippen LogP contribution in [0.5, 0.6) is 11.5 Å². The highest BCUT2D eigenvalue weighted by molar-refractivity contribution is 9.10. The Balaban J connectivity index is 1.80. The Labute approximate surface area is 209 Å². The molecule has 1 saturated heterocycles. The zero-order valence-corrected chi connectivity index (χ0v) is 21.0. The third kappa shape index (κ3) is 5.83. The Morgan fingerprint density at radius 3 is 2.63 bits per heavy atom. The van der Waals surface area contributed by atoms with Crippen LogP contribution in [0.4, 0.5) is 4.79 Å². The minimum absolute atomic E-state index is 0.0252. The van der Waals surface area contributed by atoms with E-state index in [9.17, 15) is 19.2 Å². The van der Waals surface area contributed by atoms with Gasteiger partial charge in [-0.25, -0.2) is 14.4 Å². The van der Waals surface area contributed by atoms with Crippen LogP contribution >= 0.6 is 15.9 Å². The van der Waals surface area contributed by atoms with E-state index in [2.05, 4.69) is 26.0 Å². The van der Waals surface area contributed by atoms with Crippen molar-refractivity contribution in [2.75, 3.05) is 20.8 Å². The molecule has 3 rings (SSSR count). The molecule has 0 spiro atoms. The number of amides is 3. The van der Waals surface area contributed by atoms with Crippen LogP contribution in [-0.4, -0.2) is 55.7 Å². The average Bonchev–Trinajstić information content (AvgIpc) is 3.40. The summed E-state index contributed by atoms with van der Waals surface area (Å²) >= 11 is 3.39. The quantitative estimate of drug-likeness (QED) is 0.283. The lowest BCUT2D eigenvalue weighted by molar-refractivity contribution is -0.150. The molecule has 35 heavy (non-hydrogen) atoms. The first-order valence-electron chi connectivity index (χ1n) is 10.4. The molecular weight excluding hydrogens is 528 g/mol. The highest BCUT2D eigenvalue weighted by atomic mass is 79.9. The van der Waals surface area contributed by atoms with Gasteiger partial charge in [-0.05, 0) is 65.7 Å². The highest BCUT2D eigenvalue weighted by Crippen LogP contribution is 2.38. The van der Waals surface area contributed by atoms with Gasteiger partial charge in [0, 0.05) is 0 Å². The zero-order chi connectivity index (χ0) is 25.7. The van der Waals surface area contributed by atoms with Crippen molar-refractivity contribution in [2.24, 2.45) is 0 Å². The van der Waals surface area contributed by atoms with Crippen molar-refractivity contribution in [3.63, 3.8) is 0 Å². The minimum atomic E-state index is -0.880. The number of nitrogens with zero attached hydrogens (tertiary/aromatic N) is 1. The van der Waals surface area contributed by atoms with E-state index >= 15 is 0 Å². The Morgan fingerprint density at radius 2 is 1.97 bits per heavy atom. The third-order valence-corrected chi connectivity index (χ3v) is 5.39. The van der Waals surface area contributed by atoms with E-state index < -0.39 is 30.0 Å². The molecule has 1 aromatic carbocycles. The highest BCUT2D eigenvalue weighted by Gasteiger charge is 2.34. The Hall–Kier alpha value is -3.80. The van der Waals surface area contributed by atoms with Crippen LogP contribution in [0.2, 0.25) is 0 Å². The molecule has 1 N–H and O–H groups in total. The van der Waals surface area contributed by atoms with Gasteiger partial charge in [-0.2, -0.15) is 0 Å². The molecule has 12 heteroatoms. The number of ether oxygens (including phenoxy) is 4. The molecule has 186 valence electrons. The molecule has 2 aromatic rings. The van der Waals surface area contributed by atoms with Crippen molar-refractivity contribution in [1.29, 1.82) is 0 Å². The monoisotopic (exact) mass is 550 g/mol. The van der Waals surface area contributed by atoms with Crippen molar-refractivity contribution >= 4 is 45.9 Å². The van der Waals surface area contributed by atoms with Gasteiger partial charge < -0.3 is 28.7 Å². The zero-order valence-electron chi connectivity index (χ0n) is 19.4. The second kappa shape index (κ2) is 11.1. The summed E-state index contributed by atoms with van der Waals surface area (Å²) in [5, 5.41) is 2.51. The number of halogens is 1. The number of imide groups is 1. The van der Waals surface area contributed by atoms with Gasteiger partial charge in [-0.15, -0.1) is 0 Å². The molecule has 0 saturated carbocycles. The number of esters is 2. The van der Waals surface area contributed by atoms with E-state index in [1.165, 1.54) is 32.4 Å². The molecule has 0 unspecified atom stereocenters. The van der Waals surface area contributed by atoms with Crippen molar-refractivity contribution in [2.45, 2.75) is 26.5 Å². The van der Waals surface area contributed by atoms with E-state index in [4.69, 9.17) is 18.6 Å². The second-order valence-electron chi connectivity index (χ2n) is 7.18. The van der Waals surface area contributed by atoms with E-state index in [-0.39, 0.29) is 36.1 Å². The number of nitrogens with one attached hydrogen (secondary N) is 1. The maximum absolute atomic E-state index is 12.8. The molecule has 2 heterocycles. The number of methoxy groups -OCH3 is 2. The fourth-order valence-corrected chi connectivity index (χ4v) is 3.69. The first kappa shape index (κ1) is 25.8. The van der Waals surface area contributed by atoms with E-state index in [1.54, 1.807) is 26.0 Å². The van der Waals surface area contributed by atoms with Gasteiger partial charge in [0.15, 0.2) is 17.6 Å². The first-order valence-corrected chi connectivity index (χ1v) is 11.2. The predicted octanol–water partition coefficient (Wildman–Crippen LogP) is 3.26. The summed E-state index contributed by atoms with van der Waals surface area (Å²) in [6, 6.07) is 5.45. The molecule has 0 radical (unpaired) electrons. The Morgan fingerprint density at radius 1 is 1.23 bits per heavy atom. The number of carbonyl (C=O) groups excluding carboxylic acids is 4. The average molecular weight is 551 g/mol. The molecule has 1 aromatic heterocycles. The number of benzene rings is 1. The molecular formula is C23H23BrN2O9. The van der Waals surface area contributed by atoms with Gasteiger partial charge in [-0.1, -0.05) is 0 Å². The number of furan rings is 1. The topological polar surface area (TPSA) is 134 Å². The standard InChI is InChI=1S/C23H23BrN2O9/c1-5-33-21(28)12(2)34-19-15(24)8-13(10-18(19)31-3)9-16-20(27)26(23(30)25-16)11-14-6-7-17(35-14)22(29)32-4/h6-10,12H,5,11H2,1-4H3,(H,25,30)/b16-9-/t12-/m1/s1. The van der Waals surface area contributed by atoms with Crippen LogP contribution in [0.3, 0.4) is 0 Å². The number of hydrogen-bond acceptors (Lipinski definition) is 9. The summed E-state index contributed by atoms with van der Waals surface area (Å²) in [5.41, 5.74) is 0.540. The molecule has 0 bridgehead atoms. The maximum atomic E-state index is 12.8. The van der Waals surface area contributed by atoms with Crippen LogP contribution < -0.4 is 14.8 Å². The summed E-state index contributed by atoms with van der Waals surface area (Å²) in [6.07, 6.45) is 0.587. The Kier molecular flexibility index (Phi) is 8.18. The van der Waals surface area contributed by atoms with Crippen molar-refractivity contribution in [1.82, 2.24) is 10.2 Å². The predicted molar refractivity (Wildman–Crippen MR) is 125 cm³/mol. The van der Waals surface area contributed by atoms with Gasteiger partial charge in [0.25, 0.3) is 5.91 Å². The summed E-state index contributed by atoms with van der Waals surface area (Å²) in [4.78, 5) is 49.6. The van der Waals surface area contributed by atoms with Crippen LogP contribution in [0.25, 0.3) is 6.08 Å². The van der Waals surface area contributed by atoms with Crippen molar-refractivity contribution in [3.05, 3.63) is 51.5 Å². The lowest BCUT2D eigenvalue weighted by Gasteiger charge is -2.17. The molecule has 11 nitrogen and oxygen atoms in total. The van der Waals surface area contributed by atoms with Crippen LogP contribution in [0, 0.1) is 0 Å². The normalized spacial score (nSPS) is 15.1. The molecule has 1 aliphatic heterocycles. The number of hydrogen-bond donors (Lipinski definition) is 1. The number of rotatable bonds is 9. The van der Waals surface area contributed by atoms with Gasteiger partial charge >= 0.3 is 18.0 Å². The SMILES string of the molecule is CCOC(=O)[C@@H](C)Oc1c(Br)cc(/C=C2\NC(=O)N(Cc3ccc(C(=O)OC)o3)C2=O)cc1OC. The van der Waals surface area contributed by atoms with Crippen molar-refractivity contribution in [3.8, 4) is 11.5 Å². The summed E-state index contributed by atoms with van der Waals surface area (Å²) < 4.78 is 26.4. The Bertz CT molecular complexity index is 1190. The van der Waals surface area contributed by atoms with E-state index in [1.807, 2.05) is 0 Å². The van der Waals surface area contributed by atoms with Crippen LogP contribution in [0.1, 0.15) is 35.7 Å². The fourth-order valence-electron chi connectivity index (χ4n) is 3.13. The van der Waals surface area contributed by atoms with Crippen LogP contribution in [0.15, 0.2) is 38.9 Å². The summed E-state index contributed by atoms with van der Waals surface area (Å²) in [6.45, 7) is 3.29. The molecule has 3 amide bonds. The smallest absolute Gasteiger partial charge is 0.373 e. The molecule has 1 atom stereocenters. The minimum Gasteiger partial charge on any atom is -0.493 e. The number of urea groups is 1. The summed E-state index contributed by atoms with van der Waals surface area (Å²) in [7, 11) is 2.64. The van der Waals surface area contributed by atoms with Gasteiger partial charge in [0.1, 0.15) is 11.5 Å². The number of carbonyl (C=O) groups is 4. The van der Waals surface area contributed by atoms with Gasteiger partial charge in [-0.3, -0.25) is 9.69 Å². The van der Waals surface area contributed by atoms with E-state index in [0.29, 0.717) is 15.8 Å². The second-order valence-corrected chi connectivity index (χ2v) is 8.04. The third-order valence-electron chi connectivity index (χ3n) is 4.80. The lowest BCUT2D eigenvalue weighted by Crippen LogP contribution is -2.30. The lowest BCUT2D eigenvalue weighted by atomic mass is 10.1. The first-order chi connectivity index (χ1) is 16.7. The molecule has 0 aliphatic carbocycles. The van der Waals surface area contributed by atoms with Crippen LogP contribution in [-0.2, 0) is 25.6 Å². The molecule has 1 fully saturated rings. The summed E-state index contributed by atoms with van der Waals surface area (Å²) in [5.74, 6) is -1.02.